The van der Waals surface area contributed by atoms with E-state index in [9.17, 15) is 14.4 Å². The maximum absolute atomic E-state index is 12.7. The van der Waals surface area contributed by atoms with E-state index in [2.05, 4.69) is 106 Å². The summed E-state index contributed by atoms with van der Waals surface area (Å²) in [5.74, 6) is -0.921. The average molecular weight is 948 g/mol. The second-order valence-corrected chi connectivity index (χ2v) is 18.8. The number of carbonyl (C=O) groups is 3. The molecule has 6 nitrogen and oxygen atoms in total. The van der Waals surface area contributed by atoms with Gasteiger partial charge in [-0.2, -0.15) is 0 Å². The van der Waals surface area contributed by atoms with Crippen molar-refractivity contribution in [2.24, 2.45) is 0 Å². The van der Waals surface area contributed by atoms with Gasteiger partial charge < -0.3 is 14.2 Å². The van der Waals surface area contributed by atoms with Crippen LogP contribution in [-0.4, -0.2) is 37.2 Å². The first-order chi connectivity index (χ1) is 33.5. The van der Waals surface area contributed by atoms with Crippen molar-refractivity contribution in [2.75, 3.05) is 13.2 Å². The standard InChI is InChI=1S/C62H106O6/c1-4-7-10-13-16-18-20-22-23-24-25-26-27-28-29-30-31-32-33-34-35-36-37-38-39-41-42-44-46-49-52-55-61(64)67-58-59(57-66-60(63)54-51-48-15-12-9-6-3)68-62(65)56-53-50-47-45-43-40-21-19-17-14-11-8-5-2/h7-8,10-11,16-19,22-23,25-26,40,43,59H,4-6,9,12-15,20-21,24,27-39,41-42,44-58H2,1-3H3/b10-7-,11-8-,18-16-,19-17-,23-22-,26-25-,43-40-. The molecule has 0 amide bonds. The first kappa shape index (κ1) is 64.6. The molecule has 0 N–H and O–H groups in total. The van der Waals surface area contributed by atoms with Crippen LogP contribution in [0.4, 0.5) is 0 Å². The number of carbonyl (C=O) groups excluding carboxylic acids is 3. The maximum Gasteiger partial charge on any atom is 0.306 e. The van der Waals surface area contributed by atoms with Crippen molar-refractivity contribution in [1.82, 2.24) is 0 Å². The lowest BCUT2D eigenvalue weighted by Crippen LogP contribution is -2.30. The van der Waals surface area contributed by atoms with Crippen LogP contribution in [0.1, 0.15) is 271 Å². The van der Waals surface area contributed by atoms with Crippen molar-refractivity contribution in [2.45, 2.75) is 277 Å². The summed E-state index contributed by atoms with van der Waals surface area (Å²) in [5.41, 5.74) is 0. The van der Waals surface area contributed by atoms with E-state index in [1.807, 2.05) is 0 Å². The number of unbranched alkanes of at least 4 members (excludes halogenated alkanes) is 26. The van der Waals surface area contributed by atoms with E-state index in [1.54, 1.807) is 0 Å². The normalized spacial score (nSPS) is 12.7. The first-order valence-corrected chi connectivity index (χ1v) is 28.6. The third-order valence-corrected chi connectivity index (χ3v) is 12.1. The minimum absolute atomic E-state index is 0.0857. The summed E-state index contributed by atoms with van der Waals surface area (Å²) in [6, 6.07) is 0. The SMILES string of the molecule is CC/C=C\C/C=C\C/C=C\C/C=C\CCCCCCCCCCCCCCCCCCCCC(=O)OCC(COC(=O)CCCCCCCC)OC(=O)CCCCC/C=C\C/C=C\C/C=C\CC. The molecule has 0 aliphatic heterocycles. The van der Waals surface area contributed by atoms with Crippen LogP contribution < -0.4 is 0 Å². The summed E-state index contributed by atoms with van der Waals surface area (Å²) in [7, 11) is 0. The van der Waals surface area contributed by atoms with E-state index >= 15 is 0 Å². The number of hydrogen-bond acceptors (Lipinski definition) is 6. The Hall–Kier alpha value is -3.41. The summed E-state index contributed by atoms with van der Waals surface area (Å²) in [4.78, 5) is 37.8. The van der Waals surface area contributed by atoms with Crippen LogP contribution in [0.15, 0.2) is 85.1 Å². The van der Waals surface area contributed by atoms with Gasteiger partial charge >= 0.3 is 17.9 Å². The van der Waals surface area contributed by atoms with Gasteiger partial charge in [-0.25, -0.2) is 0 Å². The molecule has 0 aliphatic rings. The number of esters is 3. The largest absolute Gasteiger partial charge is 0.462 e. The Kier molecular flexibility index (Phi) is 53.4. The molecule has 0 aliphatic carbocycles. The fourth-order valence-electron chi connectivity index (χ4n) is 7.92. The van der Waals surface area contributed by atoms with Crippen molar-refractivity contribution in [3.8, 4) is 0 Å². The van der Waals surface area contributed by atoms with E-state index in [1.165, 1.54) is 122 Å². The van der Waals surface area contributed by atoms with Gasteiger partial charge in [0.25, 0.3) is 0 Å². The molecule has 0 saturated carbocycles. The monoisotopic (exact) mass is 947 g/mol. The molecular weight excluding hydrogens is 841 g/mol. The van der Waals surface area contributed by atoms with Gasteiger partial charge in [0.05, 0.1) is 0 Å². The summed E-state index contributed by atoms with van der Waals surface area (Å²) in [6.45, 7) is 6.33. The van der Waals surface area contributed by atoms with Gasteiger partial charge in [0, 0.05) is 19.3 Å². The van der Waals surface area contributed by atoms with Gasteiger partial charge in [-0.05, 0) is 89.9 Å². The van der Waals surface area contributed by atoms with Crippen LogP contribution in [0.3, 0.4) is 0 Å². The van der Waals surface area contributed by atoms with E-state index in [0.717, 1.165) is 109 Å². The Morgan fingerprint density at radius 2 is 0.574 bits per heavy atom. The quantitative estimate of drug-likeness (QED) is 0.0262. The molecule has 390 valence electrons. The highest BCUT2D eigenvalue weighted by Crippen LogP contribution is 2.16. The smallest absolute Gasteiger partial charge is 0.306 e. The minimum Gasteiger partial charge on any atom is -0.462 e. The fourth-order valence-corrected chi connectivity index (χ4v) is 7.92. The Balaban J connectivity index is 3.99. The molecule has 0 aromatic heterocycles. The van der Waals surface area contributed by atoms with Gasteiger partial charge in [-0.1, -0.05) is 247 Å². The zero-order valence-electron chi connectivity index (χ0n) is 44.6. The predicted molar refractivity (Wildman–Crippen MR) is 293 cm³/mol. The molecule has 1 unspecified atom stereocenters. The topological polar surface area (TPSA) is 78.9 Å². The second kappa shape index (κ2) is 56.2. The van der Waals surface area contributed by atoms with Crippen LogP contribution in [0.25, 0.3) is 0 Å². The Labute approximate surface area is 420 Å². The number of rotatable bonds is 51. The summed E-state index contributed by atoms with van der Waals surface area (Å²) in [5, 5.41) is 0. The summed E-state index contributed by atoms with van der Waals surface area (Å²) < 4.78 is 16.7. The van der Waals surface area contributed by atoms with Crippen molar-refractivity contribution < 1.29 is 28.6 Å². The zero-order chi connectivity index (χ0) is 49.3. The van der Waals surface area contributed by atoms with Crippen LogP contribution in [-0.2, 0) is 28.6 Å². The lowest BCUT2D eigenvalue weighted by Gasteiger charge is -2.18. The molecule has 0 saturated heterocycles. The van der Waals surface area contributed by atoms with Gasteiger partial charge in [0.1, 0.15) is 13.2 Å². The molecule has 0 rings (SSSR count). The van der Waals surface area contributed by atoms with Crippen molar-refractivity contribution in [3.05, 3.63) is 85.1 Å². The van der Waals surface area contributed by atoms with Crippen LogP contribution in [0.2, 0.25) is 0 Å². The molecule has 0 aromatic rings. The van der Waals surface area contributed by atoms with Gasteiger partial charge in [0.15, 0.2) is 6.10 Å². The number of hydrogen-bond donors (Lipinski definition) is 0. The third-order valence-electron chi connectivity index (χ3n) is 12.1. The molecule has 0 heterocycles. The van der Waals surface area contributed by atoms with Gasteiger partial charge in [-0.15, -0.1) is 0 Å². The average Bonchev–Trinajstić information content (AvgIpc) is 3.34. The minimum atomic E-state index is -0.785. The molecule has 0 fully saturated rings. The molecule has 6 heteroatoms. The van der Waals surface area contributed by atoms with Gasteiger partial charge in [0.2, 0.25) is 0 Å². The van der Waals surface area contributed by atoms with Crippen molar-refractivity contribution in [3.63, 3.8) is 0 Å². The maximum atomic E-state index is 12.7. The fraction of sp³-hybridized carbons (Fsp3) is 0.726. The highest BCUT2D eigenvalue weighted by Gasteiger charge is 2.19. The molecule has 0 bridgehead atoms. The summed E-state index contributed by atoms with van der Waals surface area (Å²) in [6.07, 6.45) is 73.5. The van der Waals surface area contributed by atoms with E-state index in [4.69, 9.17) is 14.2 Å². The Morgan fingerprint density at radius 3 is 0.912 bits per heavy atom. The number of ether oxygens (including phenoxy) is 3. The second-order valence-electron chi connectivity index (χ2n) is 18.8. The molecule has 68 heavy (non-hydrogen) atoms. The summed E-state index contributed by atoms with van der Waals surface area (Å²) >= 11 is 0. The Bertz CT molecular complexity index is 1320. The molecule has 0 radical (unpaired) electrons. The third kappa shape index (κ3) is 53.5. The van der Waals surface area contributed by atoms with Crippen LogP contribution >= 0.6 is 0 Å². The van der Waals surface area contributed by atoms with Gasteiger partial charge in [-0.3, -0.25) is 14.4 Å². The van der Waals surface area contributed by atoms with E-state index in [0.29, 0.717) is 19.3 Å². The van der Waals surface area contributed by atoms with Crippen molar-refractivity contribution >= 4 is 17.9 Å². The molecule has 0 aromatic carbocycles. The Morgan fingerprint density at radius 1 is 0.309 bits per heavy atom. The van der Waals surface area contributed by atoms with E-state index in [-0.39, 0.29) is 31.1 Å². The molecule has 0 spiro atoms. The first-order valence-electron chi connectivity index (χ1n) is 28.6. The lowest BCUT2D eigenvalue weighted by atomic mass is 10.0. The lowest BCUT2D eigenvalue weighted by molar-refractivity contribution is -0.167. The van der Waals surface area contributed by atoms with Crippen molar-refractivity contribution in [1.29, 1.82) is 0 Å². The number of allylic oxidation sites excluding steroid dienone is 14. The molecular formula is C62H106O6. The van der Waals surface area contributed by atoms with Crippen LogP contribution in [0.5, 0.6) is 0 Å². The highest BCUT2D eigenvalue weighted by atomic mass is 16.6. The van der Waals surface area contributed by atoms with E-state index < -0.39 is 6.10 Å². The van der Waals surface area contributed by atoms with Crippen LogP contribution in [0, 0.1) is 0 Å². The molecule has 1 atom stereocenters. The zero-order valence-corrected chi connectivity index (χ0v) is 44.6. The highest BCUT2D eigenvalue weighted by molar-refractivity contribution is 5.71. The predicted octanol–water partition coefficient (Wildman–Crippen LogP) is 19.2.